The van der Waals surface area contributed by atoms with E-state index in [1.807, 2.05) is 27.7 Å². The molecule has 0 unspecified atom stereocenters. The fourth-order valence-electron chi connectivity index (χ4n) is 3.18. The molecule has 0 aliphatic heterocycles. The van der Waals surface area contributed by atoms with Gasteiger partial charge in [0.15, 0.2) is 5.16 Å². The number of thioether (sulfide) groups is 1. The van der Waals surface area contributed by atoms with Crippen molar-refractivity contribution in [2.24, 2.45) is 0 Å². The van der Waals surface area contributed by atoms with Gasteiger partial charge in [0.2, 0.25) is 0 Å². The van der Waals surface area contributed by atoms with Crippen LogP contribution >= 0.6 is 34.7 Å². The van der Waals surface area contributed by atoms with Crippen LogP contribution < -0.4 is 11.1 Å². The number of aryl methyl sites for hydroxylation is 2. The third kappa shape index (κ3) is 3.60. The molecule has 0 saturated carbocycles. The molecule has 9 heteroatoms. The Morgan fingerprint density at radius 2 is 1.97 bits per heavy atom. The zero-order chi connectivity index (χ0) is 20.9. The molecule has 4 aromatic heterocycles. The van der Waals surface area contributed by atoms with Crippen LogP contribution in [0.5, 0.6) is 0 Å². The highest BCUT2D eigenvalue weighted by Gasteiger charge is 2.18. The molecule has 0 radical (unpaired) electrons. The highest BCUT2D eigenvalue weighted by atomic mass is 35.5. The molecule has 0 amide bonds. The summed E-state index contributed by atoms with van der Waals surface area (Å²) in [6, 6.07) is 4.88. The summed E-state index contributed by atoms with van der Waals surface area (Å²) in [5.41, 5.74) is 1.95. The number of pyridine rings is 1. The van der Waals surface area contributed by atoms with Crippen molar-refractivity contribution >= 4 is 50.6 Å². The lowest BCUT2D eigenvalue weighted by Gasteiger charge is -2.15. The monoisotopic (exact) mass is 446 g/mol. The SMILES string of the molecule is Cc1sc2nc(SCc3cc(=O)n4cc(Cl)ccc4n3)n(C(C)C)c(=O)c2c1C. The van der Waals surface area contributed by atoms with Crippen molar-refractivity contribution in [3.63, 3.8) is 0 Å². The van der Waals surface area contributed by atoms with E-state index < -0.39 is 0 Å². The summed E-state index contributed by atoms with van der Waals surface area (Å²) in [7, 11) is 0. The number of fused-ring (bicyclic) bond motifs is 2. The lowest BCUT2D eigenvalue weighted by atomic mass is 10.2. The van der Waals surface area contributed by atoms with Crippen LogP contribution in [-0.4, -0.2) is 18.9 Å². The first-order chi connectivity index (χ1) is 13.8. The predicted molar refractivity (Wildman–Crippen MR) is 120 cm³/mol. The van der Waals surface area contributed by atoms with Crippen molar-refractivity contribution in [1.82, 2.24) is 18.9 Å². The largest absolute Gasteiger partial charge is 0.284 e. The third-order valence-electron chi connectivity index (χ3n) is 4.74. The molecule has 0 aliphatic rings. The smallest absolute Gasteiger partial charge is 0.263 e. The molecule has 0 bridgehead atoms. The number of hydrogen-bond donors (Lipinski definition) is 0. The van der Waals surface area contributed by atoms with E-state index in [1.165, 1.54) is 33.6 Å². The Morgan fingerprint density at radius 3 is 2.69 bits per heavy atom. The van der Waals surface area contributed by atoms with E-state index in [-0.39, 0.29) is 17.2 Å². The Kier molecular flexibility index (Phi) is 5.27. The minimum absolute atomic E-state index is 0.0180. The molecule has 0 aliphatic carbocycles. The van der Waals surface area contributed by atoms with Crippen molar-refractivity contribution in [2.45, 2.75) is 44.6 Å². The fraction of sp³-hybridized carbons (Fsp3) is 0.300. The Balaban J connectivity index is 1.76. The van der Waals surface area contributed by atoms with Crippen molar-refractivity contribution in [2.75, 3.05) is 0 Å². The maximum Gasteiger partial charge on any atom is 0.263 e. The minimum Gasteiger partial charge on any atom is -0.284 e. The number of hydrogen-bond acceptors (Lipinski definition) is 6. The van der Waals surface area contributed by atoms with E-state index in [0.717, 1.165) is 15.3 Å². The lowest BCUT2D eigenvalue weighted by Crippen LogP contribution is -2.25. The Hall–Kier alpha value is -2.16. The molecular weight excluding hydrogens is 428 g/mol. The van der Waals surface area contributed by atoms with Gasteiger partial charge in [-0.15, -0.1) is 11.3 Å². The molecule has 4 aromatic rings. The first-order valence-corrected chi connectivity index (χ1v) is 11.3. The van der Waals surface area contributed by atoms with Gasteiger partial charge in [0.1, 0.15) is 10.5 Å². The van der Waals surface area contributed by atoms with Gasteiger partial charge in [-0.3, -0.25) is 18.6 Å². The number of aromatic nitrogens is 4. The van der Waals surface area contributed by atoms with E-state index >= 15 is 0 Å². The van der Waals surface area contributed by atoms with Gasteiger partial charge in [-0.2, -0.15) is 0 Å². The molecule has 4 rings (SSSR count). The average Bonchev–Trinajstić information content (AvgIpc) is 2.94. The van der Waals surface area contributed by atoms with Crippen LogP contribution in [0, 0.1) is 13.8 Å². The number of thiophene rings is 1. The molecule has 0 spiro atoms. The lowest BCUT2D eigenvalue weighted by molar-refractivity contribution is 0.519. The average molecular weight is 447 g/mol. The molecule has 6 nitrogen and oxygen atoms in total. The first-order valence-electron chi connectivity index (χ1n) is 9.09. The van der Waals surface area contributed by atoms with Crippen molar-refractivity contribution in [3.05, 3.63) is 66.3 Å². The number of rotatable bonds is 4. The second-order valence-corrected chi connectivity index (χ2v) is 9.66. The fourth-order valence-corrected chi connectivity index (χ4v) is 5.44. The van der Waals surface area contributed by atoms with Crippen molar-refractivity contribution in [1.29, 1.82) is 0 Å². The third-order valence-corrected chi connectivity index (χ3v) is 7.06. The van der Waals surface area contributed by atoms with E-state index in [9.17, 15) is 9.59 Å². The summed E-state index contributed by atoms with van der Waals surface area (Å²) in [5.74, 6) is 0.433. The van der Waals surface area contributed by atoms with Crippen molar-refractivity contribution < 1.29 is 0 Å². The van der Waals surface area contributed by atoms with E-state index in [2.05, 4.69) is 4.98 Å². The van der Waals surface area contributed by atoms with E-state index in [1.54, 1.807) is 22.9 Å². The number of nitrogens with zero attached hydrogens (tertiary/aromatic N) is 4. The van der Waals surface area contributed by atoms with E-state index in [4.69, 9.17) is 16.6 Å². The molecule has 0 fully saturated rings. The molecule has 0 saturated heterocycles. The quantitative estimate of drug-likeness (QED) is 0.338. The molecular formula is C20H19ClN4O2S2. The standard InChI is InChI=1S/C20H19ClN4O2S2/c1-10(2)25-19(27)17-11(3)12(4)29-18(17)23-20(25)28-9-14-7-16(26)24-8-13(21)5-6-15(24)22-14/h5-8,10H,9H2,1-4H3. The highest BCUT2D eigenvalue weighted by molar-refractivity contribution is 7.98. The Morgan fingerprint density at radius 1 is 1.21 bits per heavy atom. The van der Waals surface area contributed by atoms with Crippen LogP contribution in [0.1, 0.15) is 36.0 Å². The zero-order valence-corrected chi connectivity index (χ0v) is 18.8. The van der Waals surface area contributed by atoms with Crippen molar-refractivity contribution in [3.8, 4) is 0 Å². The maximum atomic E-state index is 13.1. The molecule has 0 N–H and O–H groups in total. The van der Waals surface area contributed by atoms with Gasteiger partial charge in [0.05, 0.1) is 16.1 Å². The van der Waals surface area contributed by atoms with Gasteiger partial charge >= 0.3 is 0 Å². The van der Waals surface area contributed by atoms with Gasteiger partial charge in [-0.05, 0) is 45.4 Å². The summed E-state index contributed by atoms with van der Waals surface area (Å²) in [5, 5.41) is 1.81. The first kappa shape index (κ1) is 20.1. The van der Waals surface area contributed by atoms with Crippen LogP contribution in [-0.2, 0) is 5.75 Å². The Labute approximate surface area is 180 Å². The summed E-state index contributed by atoms with van der Waals surface area (Å²) in [4.78, 5) is 36.7. The zero-order valence-electron chi connectivity index (χ0n) is 16.4. The van der Waals surface area contributed by atoms with Crippen LogP contribution in [0.2, 0.25) is 5.02 Å². The summed E-state index contributed by atoms with van der Waals surface area (Å²) >= 11 is 8.91. The van der Waals surface area contributed by atoms with Gasteiger partial charge in [-0.1, -0.05) is 23.4 Å². The maximum absolute atomic E-state index is 13.1. The summed E-state index contributed by atoms with van der Waals surface area (Å²) < 4.78 is 3.14. The second-order valence-electron chi connectivity index (χ2n) is 7.08. The van der Waals surface area contributed by atoms with Gasteiger partial charge in [-0.25, -0.2) is 9.97 Å². The van der Waals surface area contributed by atoms with Crippen LogP contribution in [0.15, 0.2) is 39.1 Å². The summed E-state index contributed by atoms with van der Waals surface area (Å²) in [6.45, 7) is 7.91. The van der Waals surface area contributed by atoms with Gasteiger partial charge < -0.3 is 0 Å². The highest BCUT2D eigenvalue weighted by Crippen LogP contribution is 2.30. The second kappa shape index (κ2) is 7.59. The van der Waals surface area contributed by atoms with Crippen LogP contribution in [0.4, 0.5) is 0 Å². The Bertz CT molecular complexity index is 1370. The molecule has 4 heterocycles. The van der Waals surface area contributed by atoms with Gasteiger partial charge in [0, 0.05) is 28.9 Å². The normalized spacial score (nSPS) is 11.8. The molecule has 0 aromatic carbocycles. The number of halogens is 1. The van der Waals surface area contributed by atoms with Gasteiger partial charge in [0.25, 0.3) is 11.1 Å². The molecule has 29 heavy (non-hydrogen) atoms. The van der Waals surface area contributed by atoms with Crippen LogP contribution in [0.25, 0.3) is 15.9 Å². The van der Waals surface area contributed by atoms with Crippen LogP contribution in [0.3, 0.4) is 0 Å². The predicted octanol–water partition coefficient (Wildman–Crippen LogP) is 4.61. The minimum atomic E-state index is -0.192. The topological polar surface area (TPSA) is 69.3 Å². The van der Waals surface area contributed by atoms with E-state index in [0.29, 0.717) is 32.7 Å². The molecule has 150 valence electrons. The summed E-state index contributed by atoms with van der Waals surface area (Å²) in [6.07, 6.45) is 1.55. The molecule has 0 atom stereocenters.